The maximum absolute atomic E-state index is 13.2. The van der Waals surface area contributed by atoms with E-state index in [2.05, 4.69) is 10.1 Å². The van der Waals surface area contributed by atoms with Gasteiger partial charge in [-0.05, 0) is 7.05 Å². The predicted molar refractivity (Wildman–Crippen MR) is 53.8 cm³/mol. The summed E-state index contributed by atoms with van der Waals surface area (Å²) in [4.78, 5) is 10.8. The number of carbonyl (C=O) groups excluding carboxylic acids is 1. The molecule has 0 aliphatic heterocycles. The largest absolute Gasteiger partial charge is 0.485 e. The molecule has 0 aromatic heterocycles. The first-order valence-corrected chi connectivity index (χ1v) is 4.92. The summed E-state index contributed by atoms with van der Waals surface area (Å²) in [6, 6.07) is -1.14. The molecule has 0 bridgehead atoms. The average Bonchev–Trinajstić information content (AvgIpc) is 2.38. The first kappa shape index (κ1) is 15.2. The fourth-order valence-electron chi connectivity index (χ4n) is 1.19. The van der Waals surface area contributed by atoms with Gasteiger partial charge in [0.15, 0.2) is 5.75 Å². The molecule has 1 unspecified atom stereocenters. The van der Waals surface area contributed by atoms with E-state index in [4.69, 9.17) is 5.73 Å². The monoisotopic (exact) mass is 284 g/mol. The number of carbonyl (C=O) groups is 1. The highest BCUT2D eigenvalue weighted by Crippen LogP contribution is 2.29. The van der Waals surface area contributed by atoms with Gasteiger partial charge in [-0.25, -0.2) is 13.2 Å². The number of nitrogens with one attached hydrogen (secondary N) is 1. The van der Waals surface area contributed by atoms with Gasteiger partial charge < -0.3 is 15.8 Å². The molecule has 3 N–H and O–H groups in total. The maximum Gasteiger partial charge on any atom is 0.238 e. The van der Waals surface area contributed by atoms with Gasteiger partial charge in [-0.3, -0.25) is 4.79 Å². The molecule has 0 heterocycles. The molecule has 1 atom stereocenters. The van der Waals surface area contributed by atoms with Crippen LogP contribution in [0.2, 0.25) is 0 Å². The van der Waals surface area contributed by atoms with E-state index in [-0.39, 0.29) is 0 Å². The number of primary amides is 1. The van der Waals surface area contributed by atoms with Crippen molar-refractivity contribution in [3.05, 3.63) is 29.1 Å². The number of ether oxygens (including phenoxy) is 1. The van der Waals surface area contributed by atoms with E-state index in [1.807, 2.05) is 0 Å². The maximum atomic E-state index is 13.2. The number of benzene rings is 1. The van der Waals surface area contributed by atoms with E-state index in [9.17, 15) is 26.7 Å². The summed E-state index contributed by atoms with van der Waals surface area (Å²) in [6.45, 7) is -0.690. The molecule has 9 heteroatoms. The van der Waals surface area contributed by atoms with Gasteiger partial charge in [-0.2, -0.15) is 8.78 Å². The zero-order chi connectivity index (χ0) is 14.7. The molecule has 0 aliphatic rings. The minimum Gasteiger partial charge on any atom is -0.485 e. The van der Waals surface area contributed by atoms with E-state index >= 15 is 0 Å². The Balaban J connectivity index is 3.05. The molecule has 1 amide bonds. The molecule has 1 rings (SSSR count). The molecule has 0 saturated heterocycles. The Morgan fingerprint density at radius 3 is 1.89 bits per heavy atom. The average molecular weight is 284 g/mol. The van der Waals surface area contributed by atoms with Crippen molar-refractivity contribution < 1.29 is 31.5 Å². The van der Waals surface area contributed by atoms with Gasteiger partial charge in [0.25, 0.3) is 0 Å². The number of rotatable bonds is 5. The number of halogens is 5. The molecule has 1 aromatic carbocycles. The number of amides is 1. The standard InChI is InChI=1S/C10H9F5N2O2/c1-17-3(10(16)18)2-19-9-7(14)5(12)4(11)6(13)8(9)15/h3,17H,2H2,1H3,(H2,16,18). The van der Waals surface area contributed by atoms with Crippen LogP contribution in [0.1, 0.15) is 0 Å². The Morgan fingerprint density at radius 2 is 1.53 bits per heavy atom. The van der Waals surface area contributed by atoms with Crippen LogP contribution in [0.15, 0.2) is 0 Å². The van der Waals surface area contributed by atoms with Crippen molar-refractivity contribution in [3.8, 4) is 5.75 Å². The fourth-order valence-corrected chi connectivity index (χ4v) is 1.19. The topological polar surface area (TPSA) is 64.3 Å². The Kier molecular flexibility index (Phi) is 4.65. The van der Waals surface area contributed by atoms with Gasteiger partial charge in [-0.1, -0.05) is 0 Å². The first-order chi connectivity index (χ1) is 8.81. The number of hydrogen-bond acceptors (Lipinski definition) is 3. The van der Waals surface area contributed by atoms with Crippen molar-refractivity contribution in [1.29, 1.82) is 0 Å². The van der Waals surface area contributed by atoms with Crippen LogP contribution >= 0.6 is 0 Å². The lowest BCUT2D eigenvalue weighted by Gasteiger charge is -2.15. The Hall–Kier alpha value is -1.90. The van der Waals surface area contributed by atoms with E-state index < -0.39 is 53.4 Å². The van der Waals surface area contributed by atoms with Crippen molar-refractivity contribution in [2.24, 2.45) is 5.73 Å². The quantitative estimate of drug-likeness (QED) is 0.478. The third-order valence-electron chi connectivity index (χ3n) is 2.26. The summed E-state index contributed by atoms with van der Waals surface area (Å²) in [6.07, 6.45) is 0. The van der Waals surface area contributed by atoms with Crippen LogP contribution in [0.5, 0.6) is 5.75 Å². The molecular weight excluding hydrogens is 275 g/mol. The summed E-state index contributed by atoms with van der Waals surface area (Å²) in [5.41, 5.74) is 4.89. The van der Waals surface area contributed by atoms with Crippen molar-refractivity contribution in [2.45, 2.75) is 6.04 Å². The smallest absolute Gasteiger partial charge is 0.238 e. The molecule has 0 saturated carbocycles. The van der Waals surface area contributed by atoms with E-state index in [0.29, 0.717) is 0 Å². The third-order valence-corrected chi connectivity index (χ3v) is 2.26. The molecule has 0 spiro atoms. The van der Waals surface area contributed by atoms with Gasteiger partial charge in [0.05, 0.1) is 0 Å². The molecule has 19 heavy (non-hydrogen) atoms. The van der Waals surface area contributed by atoms with Crippen LogP contribution in [0.3, 0.4) is 0 Å². The zero-order valence-corrected chi connectivity index (χ0v) is 9.57. The Morgan fingerprint density at radius 1 is 1.11 bits per heavy atom. The molecule has 0 fully saturated rings. The van der Waals surface area contributed by atoms with Crippen molar-refractivity contribution in [1.82, 2.24) is 5.32 Å². The van der Waals surface area contributed by atoms with Crippen LogP contribution in [0, 0.1) is 29.1 Å². The normalized spacial score (nSPS) is 12.3. The second-order valence-electron chi connectivity index (χ2n) is 3.45. The van der Waals surface area contributed by atoms with E-state index in [0.717, 1.165) is 0 Å². The Bertz CT molecular complexity index is 480. The molecule has 4 nitrogen and oxygen atoms in total. The predicted octanol–water partition coefficient (Wildman–Crippen LogP) is 0.834. The lowest BCUT2D eigenvalue weighted by Crippen LogP contribution is -2.43. The fraction of sp³-hybridized carbons (Fsp3) is 0.300. The van der Waals surface area contributed by atoms with Gasteiger partial charge in [0, 0.05) is 0 Å². The Labute approximate surface area is 104 Å². The third kappa shape index (κ3) is 2.92. The highest BCUT2D eigenvalue weighted by Gasteiger charge is 2.27. The van der Waals surface area contributed by atoms with Gasteiger partial charge in [0.2, 0.25) is 35.0 Å². The van der Waals surface area contributed by atoms with Crippen molar-refractivity contribution >= 4 is 5.91 Å². The highest BCUT2D eigenvalue weighted by molar-refractivity contribution is 5.79. The van der Waals surface area contributed by atoms with Gasteiger partial charge in [-0.15, -0.1) is 0 Å². The van der Waals surface area contributed by atoms with Gasteiger partial charge >= 0.3 is 0 Å². The van der Waals surface area contributed by atoms with Crippen LogP contribution in [-0.4, -0.2) is 25.6 Å². The van der Waals surface area contributed by atoms with Gasteiger partial charge in [0.1, 0.15) is 12.6 Å². The number of hydrogen-bond donors (Lipinski definition) is 2. The summed E-state index contributed by atoms with van der Waals surface area (Å²) >= 11 is 0. The molecule has 0 aliphatic carbocycles. The highest BCUT2D eigenvalue weighted by atomic mass is 19.2. The lowest BCUT2D eigenvalue weighted by molar-refractivity contribution is -0.120. The molecular formula is C10H9F5N2O2. The zero-order valence-electron chi connectivity index (χ0n) is 9.57. The van der Waals surface area contributed by atoms with Crippen molar-refractivity contribution in [2.75, 3.05) is 13.7 Å². The SMILES string of the molecule is CNC(COc1c(F)c(F)c(F)c(F)c1F)C(N)=O. The van der Waals surface area contributed by atoms with Crippen molar-refractivity contribution in [3.63, 3.8) is 0 Å². The van der Waals surface area contributed by atoms with E-state index in [1.54, 1.807) is 0 Å². The van der Waals surface area contributed by atoms with Crippen LogP contribution in [0.4, 0.5) is 22.0 Å². The van der Waals surface area contributed by atoms with Crippen LogP contribution < -0.4 is 15.8 Å². The number of likely N-dealkylation sites (N-methyl/N-ethyl adjacent to an activating group) is 1. The summed E-state index contributed by atoms with van der Waals surface area (Å²) in [5, 5.41) is 2.35. The lowest BCUT2D eigenvalue weighted by atomic mass is 10.2. The van der Waals surface area contributed by atoms with Crippen LogP contribution in [-0.2, 0) is 4.79 Å². The number of nitrogens with two attached hydrogens (primary N) is 1. The summed E-state index contributed by atoms with van der Waals surface area (Å²) < 4.78 is 69.1. The molecule has 1 aromatic rings. The summed E-state index contributed by atoms with van der Waals surface area (Å²) in [7, 11) is 1.30. The minimum atomic E-state index is -2.29. The molecule has 0 radical (unpaired) electrons. The second-order valence-corrected chi connectivity index (χ2v) is 3.45. The minimum absolute atomic E-state index is 0.690. The second kappa shape index (κ2) is 5.83. The first-order valence-electron chi connectivity index (χ1n) is 4.92. The van der Waals surface area contributed by atoms with Crippen LogP contribution in [0.25, 0.3) is 0 Å². The van der Waals surface area contributed by atoms with E-state index in [1.165, 1.54) is 7.05 Å². The molecule has 106 valence electrons. The summed E-state index contributed by atoms with van der Waals surface area (Å²) in [5.74, 6) is -13.2.